The van der Waals surface area contributed by atoms with Crippen molar-refractivity contribution in [2.45, 2.75) is 38.0 Å². The van der Waals surface area contributed by atoms with E-state index in [1.54, 1.807) is 0 Å². The zero-order valence-corrected chi connectivity index (χ0v) is 24.8. The second kappa shape index (κ2) is 10.3. The number of hydrogen-bond acceptors (Lipinski definition) is 0. The third-order valence-corrected chi connectivity index (χ3v) is 9.81. The van der Waals surface area contributed by atoms with Crippen molar-refractivity contribution in [1.82, 2.24) is 9.13 Å². The molecular formula is C42H34N2. The molecule has 2 aliphatic rings. The van der Waals surface area contributed by atoms with Gasteiger partial charge in [0.2, 0.25) is 0 Å². The summed E-state index contributed by atoms with van der Waals surface area (Å²) < 4.78 is 5.18. The van der Waals surface area contributed by atoms with E-state index in [4.69, 9.17) is 0 Å². The molecule has 0 radical (unpaired) electrons. The topological polar surface area (TPSA) is 9.86 Å². The van der Waals surface area contributed by atoms with E-state index in [2.05, 4.69) is 149 Å². The summed E-state index contributed by atoms with van der Waals surface area (Å²) in [5, 5.41) is 3.93. The molecule has 2 aliphatic carbocycles. The van der Waals surface area contributed by atoms with Crippen LogP contribution in [-0.2, 0) is 12.8 Å². The van der Waals surface area contributed by atoms with Crippen molar-refractivity contribution < 1.29 is 0 Å². The van der Waals surface area contributed by atoms with Crippen LogP contribution in [0.5, 0.6) is 0 Å². The molecule has 5 aromatic carbocycles. The fraction of sp³-hybridized carbons (Fsp3) is 0.143. The Balaban J connectivity index is 1.45. The summed E-state index contributed by atoms with van der Waals surface area (Å²) in [5.74, 6) is 0.364. The van der Waals surface area contributed by atoms with Crippen LogP contribution in [0.4, 0.5) is 0 Å². The molecule has 9 rings (SSSR count). The second-order valence-corrected chi connectivity index (χ2v) is 12.3. The Labute approximate surface area is 258 Å². The first-order valence-corrected chi connectivity index (χ1v) is 16.0. The van der Waals surface area contributed by atoms with Crippen molar-refractivity contribution >= 4 is 21.7 Å². The summed E-state index contributed by atoms with van der Waals surface area (Å²) in [5.41, 5.74) is 13.6. The van der Waals surface area contributed by atoms with Crippen molar-refractivity contribution in [2.24, 2.45) is 0 Å². The molecule has 0 saturated heterocycles. The van der Waals surface area contributed by atoms with E-state index in [0.717, 1.165) is 12.8 Å². The Morgan fingerprint density at radius 3 is 2.16 bits per heavy atom. The number of allylic oxidation sites excluding steroid dienone is 2. The summed E-state index contributed by atoms with van der Waals surface area (Å²) >= 11 is 0. The van der Waals surface area contributed by atoms with Crippen LogP contribution in [0.25, 0.3) is 55.6 Å². The minimum Gasteiger partial charge on any atom is -0.313 e. The number of fused-ring (bicyclic) bond motifs is 6. The second-order valence-electron chi connectivity index (χ2n) is 12.3. The molecule has 0 N–H and O–H groups in total. The highest BCUT2D eigenvalue weighted by Crippen LogP contribution is 2.52. The van der Waals surface area contributed by atoms with Crippen molar-refractivity contribution in [3.8, 4) is 33.9 Å². The average molecular weight is 567 g/mol. The lowest BCUT2D eigenvalue weighted by atomic mass is 9.82. The third kappa shape index (κ3) is 3.87. The molecule has 1 atom stereocenters. The van der Waals surface area contributed by atoms with Gasteiger partial charge < -0.3 is 9.13 Å². The minimum absolute atomic E-state index is 0.364. The van der Waals surface area contributed by atoms with Crippen LogP contribution in [0, 0.1) is 0 Å². The van der Waals surface area contributed by atoms with Crippen molar-refractivity contribution in [1.29, 1.82) is 0 Å². The maximum absolute atomic E-state index is 2.63. The SMILES string of the molecule is C1=CC(c2c3c(n(-c4ccc5ccccc5c4)c2-c2ccccc2)CCc2c-3n(-c3ccccc3)c3ccccc23)CCC1. The maximum atomic E-state index is 2.63. The molecule has 0 spiro atoms. The molecule has 7 aromatic rings. The molecule has 212 valence electrons. The van der Waals surface area contributed by atoms with Gasteiger partial charge in [-0.3, -0.25) is 0 Å². The summed E-state index contributed by atoms with van der Waals surface area (Å²) in [6.07, 6.45) is 10.5. The van der Waals surface area contributed by atoms with Gasteiger partial charge in [0.1, 0.15) is 0 Å². The first-order chi connectivity index (χ1) is 21.9. The monoisotopic (exact) mass is 566 g/mol. The molecule has 0 bridgehead atoms. The quantitative estimate of drug-likeness (QED) is 0.188. The average Bonchev–Trinajstić information content (AvgIpc) is 3.63. The van der Waals surface area contributed by atoms with E-state index in [-0.39, 0.29) is 0 Å². The lowest BCUT2D eigenvalue weighted by molar-refractivity contribution is 0.656. The van der Waals surface area contributed by atoms with Crippen LogP contribution in [0.3, 0.4) is 0 Å². The largest absolute Gasteiger partial charge is 0.313 e. The van der Waals surface area contributed by atoms with E-state index in [1.807, 2.05) is 0 Å². The molecule has 0 saturated carbocycles. The van der Waals surface area contributed by atoms with E-state index in [0.29, 0.717) is 5.92 Å². The van der Waals surface area contributed by atoms with Gasteiger partial charge in [-0.2, -0.15) is 0 Å². The van der Waals surface area contributed by atoms with Crippen LogP contribution in [0.2, 0.25) is 0 Å². The molecule has 1 unspecified atom stereocenters. The van der Waals surface area contributed by atoms with Gasteiger partial charge in [-0.15, -0.1) is 0 Å². The lowest BCUT2D eigenvalue weighted by Crippen LogP contribution is -2.10. The van der Waals surface area contributed by atoms with Gasteiger partial charge >= 0.3 is 0 Å². The highest BCUT2D eigenvalue weighted by molar-refractivity contribution is 5.98. The normalized spacial score (nSPS) is 15.9. The number of benzene rings is 5. The number of hydrogen-bond donors (Lipinski definition) is 0. The molecule has 2 heteroatoms. The van der Waals surface area contributed by atoms with Crippen LogP contribution in [0.15, 0.2) is 140 Å². The molecule has 44 heavy (non-hydrogen) atoms. The van der Waals surface area contributed by atoms with Crippen molar-refractivity contribution in [3.05, 3.63) is 156 Å². The number of nitrogens with zero attached hydrogens (tertiary/aromatic N) is 2. The first kappa shape index (κ1) is 25.4. The highest BCUT2D eigenvalue weighted by atomic mass is 15.0. The van der Waals surface area contributed by atoms with Crippen molar-refractivity contribution in [2.75, 3.05) is 0 Å². The number of aryl methyl sites for hydroxylation is 1. The van der Waals surface area contributed by atoms with E-state index < -0.39 is 0 Å². The summed E-state index contributed by atoms with van der Waals surface area (Å²) in [4.78, 5) is 0. The summed E-state index contributed by atoms with van der Waals surface area (Å²) in [7, 11) is 0. The van der Waals surface area contributed by atoms with E-state index in [9.17, 15) is 0 Å². The first-order valence-electron chi connectivity index (χ1n) is 16.0. The van der Waals surface area contributed by atoms with Gasteiger partial charge in [0, 0.05) is 33.9 Å². The fourth-order valence-electron chi connectivity index (χ4n) is 7.95. The Hall–Kier alpha value is -5.08. The van der Waals surface area contributed by atoms with E-state index in [1.165, 1.54) is 91.6 Å². The van der Waals surface area contributed by atoms with Crippen LogP contribution in [-0.4, -0.2) is 9.13 Å². The Bertz CT molecular complexity index is 2190. The highest BCUT2D eigenvalue weighted by Gasteiger charge is 2.36. The number of para-hydroxylation sites is 2. The fourth-order valence-corrected chi connectivity index (χ4v) is 7.95. The zero-order chi connectivity index (χ0) is 29.0. The van der Waals surface area contributed by atoms with Crippen LogP contribution >= 0.6 is 0 Å². The van der Waals surface area contributed by atoms with Gasteiger partial charge in [-0.25, -0.2) is 0 Å². The molecule has 0 amide bonds. The molecule has 2 aromatic heterocycles. The van der Waals surface area contributed by atoms with Gasteiger partial charge in [0.25, 0.3) is 0 Å². The Morgan fingerprint density at radius 2 is 1.34 bits per heavy atom. The lowest BCUT2D eigenvalue weighted by Gasteiger charge is -2.23. The van der Waals surface area contributed by atoms with Crippen molar-refractivity contribution in [3.63, 3.8) is 0 Å². The molecule has 0 fully saturated rings. The smallest absolute Gasteiger partial charge is 0.0594 e. The Morgan fingerprint density at radius 1 is 0.591 bits per heavy atom. The molecule has 2 heterocycles. The maximum Gasteiger partial charge on any atom is 0.0594 e. The van der Waals surface area contributed by atoms with Gasteiger partial charge in [0.05, 0.1) is 16.9 Å². The molecular weight excluding hydrogens is 532 g/mol. The summed E-state index contributed by atoms with van der Waals surface area (Å²) in [6, 6.07) is 46.9. The predicted molar refractivity (Wildman–Crippen MR) is 184 cm³/mol. The standard InChI is InChI=1S/C42H34N2/c1-4-15-30(16-5-1)39-40-38(27-26-36-35-22-12-13-23-37(35)43(42(36)40)33-20-8-3-9-21-33)44(41(39)31-17-6-2-7-18-31)34-25-24-29-14-10-11-19-32(29)28-34/h2-4,6-15,17-25,28,30H,1,5,16,26-27H2. The zero-order valence-electron chi connectivity index (χ0n) is 24.8. The number of rotatable bonds is 4. The molecule has 2 nitrogen and oxygen atoms in total. The van der Waals surface area contributed by atoms with Gasteiger partial charge in [-0.1, -0.05) is 109 Å². The Kier molecular flexibility index (Phi) is 5.94. The van der Waals surface area contributed by atoms with E-state index >= 15 is 0 Å². The van der Waals surface area contributed by atoms with Crippen LogP contribution < -0.4 is 0 Å². The molecule has 0 aliphatic heterocycles. The summed E-state index contributed by atoms with van der Waals surface area (Å²) in [6.45, 7) is 0. The van der Waals surface area contributed by atoms with Crippen LogP contribution in [0.1, 0.15) is 42.0 Å². The third-order valence-electron chi connectivity index (χ3n) is 9.81. The predicted octanol–water partition coefficient (Wildman–Crippen LogP) is 10.8. The van der Waals surface area contributed by atoms with Gasteiger partial charge in [0.15, 0.2) is 0 Å². The minimum atomic E-state index is 0.364. The number of aromatic nitrogens is 2. The van der Waals surface area contributed by atoms with Gasteiger partial charge in [-0.05, 0) is 89.9 Å².